The van der Waals surface area contributed by atoms with Crippen molar-refractivity contribution in [3.05, 3.63) is 29.8 Å². The van der Waals surface area contributed by atoms with E-state index in [2.05, 4.69) is 31.3 Å². The van der Waals surface area contributed by atoms with E-state index in [1.165, 1.54) is 31.2 Å². The maximum absolute atomic E-state index is 11.7. The fourth-order valence-electron chi connectivity index (χ4n) is 2.62. The third-order valence-electron chi connectivity index (χ3n) is 4.00. The molecule has 1 amide bonds. The molecule has 1 N–H and O–H groups in total. The van der Waals surface area contributed by atoms with Gasteiger partial charge in [0.15, 0.2) is 6.61 Å². The second-order valence-corrected chi connectivity index (χ2v) is 7.55. The Hall–Kier alpha value is -1.16. The Morgan fingerprint density at radius 1 is 1.27 bits per heavy atom. The first-order valence-electron chi connectivity index (χ1n) is 8.26. The lowest BCUT2D eigenvalue weighted by Crippen LogP contribution is -2.30. The molecule has 0 unspecified atom stereocenters. The van der Waals surface area contributed by atoms with Gasteiger partial charge in [0.05, 0.1) is 0 Å². The number of carbonyl (C=O) groups is 1. The molecule has 0 aliphatic heterocycles. The Morgan fingerprint density at radius 3 is 2.59 bits per heavy atom. The average Bonchev–Trinajstić information content (AvgIpc) is 3.03. The summed E-state index contributed by atoms with van der Waals surface area (Å²) in [5.74, 6) is 2.22. The maximum atomic E-state index is 11.7. The highest BCUT2D eigenvalue weighted by atomic mass is 32.2. The molecule has 2 rings (SSSR count). The first-order valence-corrected chi connectivity index (χ1v) is 9.31. The summed E-state index contributed by atoms with van der Waals surface area (Å²) in [6.45, 7) is 5.14. The van der Waals surface area contributed by atoms with Gasteiger partial charge >= 0.3 is 0 Å². The van der Waals surface area contributed by atoms with Crippen LogP contribution >= 0.6 is 11.8 Å². The van der Waals surface area contributed by atoms with Crippen LogP contribution in [-0.4, -0.2) is 30.1 Å². The summed E-state index contributed by atoms with van der Waals surface area (Å²) in [6.07, 6.45) is 5.42. The molecule has 3 nitrogen and oxygen atoms in total. The smallest absolute Gasteiger partial charge is 0.257 e. The second kappa shape index (κ2) is 9.09. The van der Waals surface area contributed by atoms with Gasteiger partial charge in [0.1, 0.15) is 5.75 Å². The molecule has 1 saturated carbocycles. The van der Waals surface area contributed by atoms with Gasteiger partial charge in [-0.2, -0.15) is 11.8 Å². The van der Waals surface area contributed by atoms with Crippen molar-refractivity contribution >= 4 is 17.7 Å². The topological polar surface area (TPSA) is 38.3 Å². The van der Waals surface area contributed by atoms with E-state index in [1.54, 1.807) is 0 Å². The van der Waals surface area contributed by atoms with E-state index in [9.17, 15) is 4.79 Å². The Kier molecular flexibility index (Phi) is 7.10. The highest BCUT2D eigenvalue weighted by Crippen LogP contribution is 2.28. The molecule has 4 heteroatoms. The van der Waals surface area contributed by atoms with Gasteiger partial charge in [0.25, 0.3) is 5.91 Å². The van der Waals surface area contributed by atoms with Crippen molar-refractivity contribution in [2.75, 3.05) is 18.9 Å². The van der Waals surface area contributed by atoms with Gasteiger partial charge in [-0.3, -0.25) is 4.79 Å². The van der Waals surface area contributed by atoms with Crippen LogP contribution in [0.25, 0.3) is 0 Å². The summed E-state index contributed by atoms with van der Waals surface area (Å²) in [4.78, 5) is 11.7. The minimum Gasteiger partial charge on any atom is -0.484 e. The molecule has 0 atom stereocenters. The lowest BCUT2D eigenvalue weighted by atomic mass is 10.0. The van der Waals surface area contributed by atoms with Gasteiger partial charge < -0.3 is 10.1 Å². The summed E-state index contributed by atoms with van der Waals surface area (Å²) >= 11 is 1.99. The van der Waals surface area contributed by atoms with Crippen LogP contribution in [-0.2, 0) is 4.79 Å². The van der Waals surface area contributed by atoms with E-state index < -0.39 is 0 Å². The lowest BCUT2D eigenvalue weighted by Gasteiger charge is -2.11. The van der Waals surface area contributed by atoms with E-state index in [0.29, 0.717) is 5.92 Å². The van der Waals surface area contributed by atoms with Crippen molar-refractivity contribution in [3.8, 4) is 5.75 Å². The molecule has 1 fully saturated rings. The third kappa shape index (κ3) is 5.91. The Bertz CT molecular complexity index is 453. The summed E-state index contributed by atoms with van der Waals surface area (Å²) in [5.41, 5.74) is 1.28. The van der Waals surface area contributed by atoms with Crippen LogP contribution < -0.4 is 10.1 Å². The minimum absolute atomic E-state index is 0.0417. The molecule has 0 radical (unpaired) electrons. The molecule has 0 saturated heterocycles. The SMILES string of the molecule is CC(C)c1ccc(OCC(=O)NCCSC2CCCC2)cc1. The quantitative estimate of drug-likeness (QED) is 0.736. The molecular weight excluding hydrogens is 294 g/mol. The highest BCUT2D eigenvalue weighted by Gasteiger charge is 2.14. The largest absolute Gasteiger partial charge is 0.484 e. The number of ether oxygens (including phenoxy) is 1. The van der Waals surface area contributed by atoms with Crippen LogP contribution in [0.5, 0.6) is 5.75 Å². The number of hydrogen-bond donors (Lipinski definition) is 1. The number of carbonyl (C=O) groups excluding carboxylic acids is 1. The Morgan fingerprint density at radius 2 is 1.95 bits per heavy atom. The number of hydrogen-bond acceptors (Lipinski definition) is 3. The van der Waals surface area contributed by atoms with E-state index >= 15 is 0 Å². The molecular formula is C18H27NO2S. The van der Waals surface area contributed by atoms with E-state index in [1.807, 2.05) is 23.9 Å². The molecule has 1 aliphatic carbocycles. The van der Waals surface area contributed by atoms with Crippen LogP contribution in [0.4, 0.5) is 0 Å². The number of benzene rings is 1. The maximum Gasteiger partial charge on any atom is 0.257 e. The number of nitrogens with one attached hydrogen (secondary N) is 1. The first kappa shape index (κ1) is 17.2. The number of amides is 1. The van der Waals surface area contributed by atoms with Crippen LogP contribution in [0.1, 0.15) is 51.0 Å². The van der Waals surface area contributed by atoms with Crippen molar-refractivity contribution in [3.63, 3.8) is 0 Å². The molecule has 0 bridgehead atoms. The predicted octanol–water partition coefficient (Wildman–Crippen LogP) is 3.98. The van der Waals surface area contributed by atoms with Gasteiger partial charge in [-0.05, 0) is 36.5 Å². The zero-order valence-electron chi connectivity index (χ0n) is 13.6. The average molecular weight is 321 g/mol. The van der Waals surface area contributed by atoms with Crippen LogP contribution in [0.15, 0.2) is 24.3 Å². The summed E-state index contributed by atoms with van der Waals surface area (Å²) in [5, 5.41) is 3.73. The van der Waals surface area contributed by atoms with Gasteiger partial charge in [-0.1, -0.05) is 38.8 Å². The standard InChI is InChI=1S/C18H27NO2S/c1-14(2)15-7-9-16(10-8-15)21-13-18(20)19-11-12-22-17-5-3-4-6-17/h7-10,14,17H,3-6,11-13H2,1-2H3,(H,19,20). The molecule has 1 aromatic carbocycles. The van der Waals surface area contributed by atoms with Gasteiger partial charge in [-0.25, -0.2) is 0 Å². The molecule has 22 heavy (non-hydrogen) atoms. The molecule has 1 aliphatic rings. The van der Waals surface area contributed by atoms with Crippen LogP contribution in [0, 0.1) is 0 Å². The fraction of sp³-hybridized carbons (Fsp3) is 0.611. The third-order valence-corrected chi connectivity index (χ3v) is 5.38. The van der Waals surface area contributed by atoms with Crippen molar-refractivity contribution < 1.29 is 9.53 Å². The molecule has 122 valence electrons. The van der Waals surface area contributed by atoms with E-state index in [4.69, 9.17) is 4.74 Å². The van der Waals surface area contributed by atoms with Crippen molar-refractivity contribution in [2.45, 2.75) is 50.7 Å². The normalized spacial score (nSPS) is 15.2. The molecule has 0 heterocycles. The summed E-state index contributed by atoms with van der Waals surface area (Å²) < 4.78 is 5.51. The minimum atomic E-state index is -0.0417. The highest BCUT2D eigenvalue weighted by molar-refractivity contribution is 7.99. The van der Waals surface area contributed by atoms with Crippen molar-refractivity contribution in [1.82, 2.24) is 5.32 Å². The molecule has 0 spiro atoms. The zero-order chi connectivity index (χ0) is 15.8. The monoisotopic (exact) mass is 321 g/mol. The van der Waals surface area contributed by atoms with Gasteiger partial charge in [-0.15, -0.1) is 0 Å². The number of rotatable bonds is 8. The lowest BCUT2D eigenvalue weighted by molar-refractivity contribution is -0.122. The first-order chi connectivity index (χ1) is 10.6. The second-order valence-electron chi connectivity index (χ2n) is 6.14. The van der Waals surface area contributed by atoms with Crippen molar-refractivity contribution in [1.29, 1.82) is 0 Å². The van der Waals surface area contributed by atoms with Crippen LogP contribution in [0.3, 0.4) is 0 Å². The van der Waals surface area contributed by atoms with Gasteiger partial charge in [0, 0.05) is 17.5 Å². The summed E-state index contributed by atoms with van der Waals surface area (Å²) in [6, 6.07) is 7.96. The Balaban J connectivity index is 1.58. The zero-order valence-corrected chi connectivity index (χ0v) is 14.5. The Labute approximate surface area is 138 Å². The fourth-order valence-corrected chi connectivity index (χ4v) is 3.84. The van der Waals surface area contributed by atoms with Gasteiger partial charge in [0.2, 0.25) is 0 Å². The van der Waals surface area contributed by atoms with Crippen molar-refractivity contribution in [2.24, 2.45) is 0 Å². The molecule has 1 aromatic rings. The predicted molar refractivity (Wildman–Crippen MR) is 93.7 cm³/mol. The van der Waals surface area contributed by atoms with Crippen LogP contribution in [0.2, 0.25) is 0 Å². The van der Waals surface area contributed by atoms with E-state index in [0.717, 1.165) is 23.3 Å². The number of thioether (sulfide) groups is 1. The molecule has 0 aromatic heterocycles. The summed E-state index contributed by atoms with van der Waals surface area (Å²) in [7, 11) is 0. The van der Waals surface area contributed by atoms with E-state index in [-0.39, 0.29) is 12.5 Å².